The summed E-state index contributed by atoms with van der Waals surface area (Å²) in [4.78, 5) is 13.5. The Kier molecular flexibility index (Phi) is 12.9. The van der Waals surface area contributed by atoms with Crippen molar-refractivity contribution >= 4 is 15.3 Å². The number of rotatable bonds is 11. The minimum Gasteiger partial charge on any atom is -0.344 e. The molecule has 0 bridgehead atoms. The summed E-state index contributed by atoms with van der Waals surface area (Å²) in [5.74, 6) is 0. The van der Waals surface area contributed by atoms with Crippen molar-refractivity contribution in [1.29, 1.82) is 5.41 Å². The Morgan fingerprint density at radius 3 is 1.78 bits per heavy atom. The molecule has 0 aliphatic carbocycles. The second kappa shape index (κ2) is 11.6. The first-order valence-corrected chi connectivity index (χ1v) is 6.63. The molecule has 0 fully saturated rings. The fourth-order valence-corrected chi connectivity index (χ4v) is 2.53. The SMILES string of the molecule is CCC(CC=N)O[Si](OOC)(OOC)OOC.N. The average Bonchev–Trinajstić information content (AvgIpc) is 2.29. The molecule has 4 N–H and O–H groups in total. The second-order valence-electron chi connectivity index (χ2n) is 2.84. The van der Waals surface area contributed by atoms with Gasteiger partial charge in [-0.25, -0.2) is 14.7 Å². The maximum atomic E-state index is 7.04. The molecule has 0 amide bonds. The van der Waals surface area contributed by atoms with Crippen LogP contribution in [0.5, 0.6) is 0 Å². The molecule has 0 radical (unpaired) electrons. The molecule has 0 aliphatic heterocycles. The van der Waals surface area contributed by atoms with E-state index < -0.39 is 9.05 Å². The second-order valence-corrected chi connectivity index (χ2v) is 4.57. The first-order valence-electron chi connectivity index (χ1n) is 5.00. The van der Waals surface area contributed by atoms with Gasteiger partial charge < -0.3 is 16.0 Å². The molecule has 0 spiro atoms. The Hall–Kier alpha value is -0.433. The smallest absolute Gasteiger partial charge is 0.344 e. The number of hydrogen-bond donors (Lipinski definition) is 2. The van der Waals surface area contributed by atoms with E-state index in [0.29, 0.717) is 12.8 Å². The molecule has 10 heteroatoms. The van der Waals surface area contributed by atoms with Gasteiger partial charge in [-0.3, -0.25) is 0 Å². The van der Waals surface area contributed by atoms with Crippen LogP contribution in [0.2, 0.25) is 0 Å². The van der Waals surface area contributed by atoms with E-state index in [0.717, 1.165) is 0 Å². The Labute approximate surface area is 108 Å². The van der Waals surface area contributed by atoms with E-state index in [1.165, 1.54) is 27.5 Å². The van der Waals surface area contributed by atoms with Crippen molar-refractivity contribution in [2.24, 2.45) is 0 Å². The van der Waals surface area contributed by atoms with Crippen LogP contribution in [0, 0.1) is 5.41 Å². The first kappa shape index (κ1) is 19.9. The molecule has 0 aromatic heterocycles. The molecule has 0 saturated heterocycles. The van der Waals surface area contributed by atoms with Gasteiger partial charge in [-0.2, -0.15) is 13.7 Å². The number of nitrogens with one attached hydrogen (secondary N) is 1. The van der Waals surface area contributed by atoms with Crippen LogP contribution in [0.25, 0.3) is 0 Å². The van der Waals surface area contributed by atoms with E-state index in [1.54, 1.807) is 0 Å². The van der Waals surface area contributed by atoms with Gasteiger partial charge >= 0.3 is 9.05 Å². The summed E-state index contributed by atoms with van der Waals surface area (Å²) < 4.78 is 20.0. The lowest BCUT2D eigenvalue weighted by molar-refractivity contribution is -0.373. The number of hydrogen-bond acceptors (Lipinski definition) is 9. The highest BCUT2D eigenvalue weighted by atomic mass is 28.4. The summed E-state index contributed by atoms with van der Waals surface area (Å²) in [6.07, 6.45) is 1.93. The molecule has 18 heavy (non-hydrogen) atoms. The van der Waals surface area contributed by atoms with Gasteiger partial charge in [0.15, 0.2) is 0 Å². The van der Waals surface area contributed by atoms with Crippen molar-refractivity contribution < 1.29 is 32.8 Å². The van der Waals surface area contributed by atoms with Crippen LogP contribution in [0.1, 0.15) is 19.8 Å². The maximum Gasteiger partial charge on any atom is 0.764 e. The molecule has 0 aromatic rings. The summed E-state index contributed by atoms with van der Waals surface area (Å²) in [6, 6.07) is 0. The van der Waals surface area contributed by atoms with E-state index in [4.69, 9.17) is 23.6 Å². The van der Waals surface area contributed by atoms with E-state index in [2.05, 4.69) is 14.7 Å². The molecular formula is C8H22N2O7Si. The predicted molar refractivity (Wildman–Crippen MR) is 63.6 cm³/mol. The topological polar surface area (TPSA) is 123 Å². The third-order valence-corrected chi connectivity index (χ3v) is 3.44. The van der Waals surface area contributed by atoms with Crippen LogP contribution in [0.15, 0.2) is 0 Å². The molecule has 9 nitrogen and oxygen atoms in total. The molecule has 0 saturated carbocycles. The van der Waals surface area contributed by atoms with Gasteiger partial charge in [0.25, 0.3) is 0 Å². The van der Waals surface area contributed by atoms with Crippen molar-refractivity contribution in [2.45, 2.75) is 25.9 Å². The van der Waals surface area contributed by atoms with Gasteiger partial charge in [-0.1, -0.05) is 6.92 Å². The lowest BCUT2D eigenvalue weighted by Crippen LogP contribution is -2.51. The zero-order valence-electron chi connectivity index (χ0n) is 11.1. The van der Waals surface area contributed by atoms with E-state index >= 15 is 0 Å². The van der Waals surface area contributed by atoms with Crippen molar-refractivity contribution in [2.75, 3.05) is 21.3 Å². The third kappa shape index (κ3) is 7.10. The highest BCUT2D eigenvalue weighted by molar-refractivity contribution is 6.52. The van der Waals surface area contributed by atoms with Crippen LogP contribution >= 0.6 is 0 Å². The van der Waals surface area contributed by atoms with Crippen LogP contribution in [0.4, 0.5) is 0 Å². The summed E-state index contributed by atoms with van der Waals surface area (Å²) in [5.41, 5.74) is 0. The highest BCUT2D eigenvalue weighted by Gasteiger charge is 2.53. The first-order chi connectivity index (χ1) is 8.17. The Balaban J connectivity index is 0. The van der Waals surface area contributed by atoms with Crippen molar-refractivity contribution in [1.82, 2.24) is 6.15 Å². The minimum absolute atomic E-state index is 0. The normalized spacial score (nSPS) is 12.9. The van der Waals surface area contributed by atoms with Crippen LogP contribution in [-0.2, 0) is 32.8 Å². The molecule has 1 atom stereocenters. The fraction of sp³-hybridized carbons (Fsp3) is 0.875. The van der Waals surface area contributed by atoms with Crippen molar-refractivity contribution in [3.8, 4) is 0 Å². The quantitative estimate of drug-likeness (QED) is 0.251. The van der Waals surface area contributed by atoms with Gasteiger partial charge in [0.2, 0.25) is 0 Å². The Morgan fingerprint density at radius 1 is 1.06 bits per heavy atom. The van der Waals surface area contributed by atoms with Gasteiger partial charge in [0.1, 0.15) is 0 Å². The average molecular weight is 286 g/mol. The minimum atomic E-state index is -3.69. The van der Waals surface area contributed by atoms with Crippen LogP contribution in [-0.4, -0.2) is 42.7 Å². The molecular weight excluding hydrogens is 264 g/mol. The summed E-state index contributed by atoms with van der Waals surface area (Å²) in [5, 5.41) is 7.04. The zero-order chi connectivity index (χ0) is 13.1. The lowest BCUT2D eigenvalue weighted by atomic mass is 10.2. The predicted octanol–water partition coefficient (Wildman–Crippen LogP) is 1.15. The molecule has 0 rings (SSSR count). The summed E-state index contributed by atoms with van der Waals surface area (Å²) in [7, 11) is 0.149. The Morgan fingerprint density at radius 2 is 1.50 bits per heavy atom. The van der Waals surface area contributed by atoms with Crippen molar-refractivity contribution in [3.05, 3.63) is 0 Å². The van der Waals surface area contributed by atoms with Gasteiger partial charge in [0, 0.05) is 6.42 Å². The zero-order valence-corrected chi connectivity index (χ0v) is 12.1. The van der Waals surface area contributed by atoms with E-state index in [1.807, 2.05) is 6.92 Å². The molecule has 110 valence electrons. The van der Waals surface area contributed by atoms with Crippen LogP contribution < -0.4 is 6.15 Å². The highest BCUT2D eigenvalue weighted by Crippen LogP contribution is 2.18. The summed E-state index contributed by atoms with van der Waals surface area (Å²) >= 11 is 0. The van der Waals surface area contributed by atoms with E-state index in [9.17, 15) is 0 Å². The van der Waals surface area contributed by atoms with Gasteiger partial charge in [-0.05, 0) is 12.6 Å². The van der Waals surface area contributed by atoms with Crippen molar-refractivity contribution in [3.63, 3.8) is 0 Å². The van der Waals surface area contributed by atoms with Gasteiger partial charge in [0.05, 0.1) is 27.4 Å². The maximum absolute atomic E-state index is 7.04. The summed E-state index contributed by atoms with van der Waals surface area (Å²) in [6.45, 7) is 1.89. The largest absolute Gasteiger partial charge is 0.764 e. The van der Waals surface area contributed by atoms with Crippen LogP contribution in [0.3, 0.4) is 0 Å². The Bertz CT molecular complexity index is 193. The molecule has 0 aromatic carbocycles. The van der Waals surface area contributed by atoms with Gasteiger partial charge in [-0.15, -0.1) is 0 Å². The lowest BCUT2D eigenvalue weighted by Gasteiger charge is -2.26. The fourth-order valence-electron chi connectivity index (χ4n) is 1.04. The molecule has 0 heterocycles. The van der Waals surface area contributed by atoms with E-state index in [-0.39, 0.29) is 12.3 Å². The standard InChI is InChI=1S/C8H19NO7Si.H3N/c1-5-8(6-7-9)13-17(14-10-2,15-11-3)16-12-4;/h7-9H,5-6H2,1-4H3;1H3. The molecule has 1 unspecified atom stereocenters. The monoisotopic (exact) mass is 286 g/mol. The molecule has 0 aliphatic rings. The third-order valence-electron chi connectivity index (χ3n) is 1.70.